The largest absolute Gasteiger partial charge is 0.508 e. The van der Waals surface area contributed by atoms with E-state index in [2.05, 4.69) is 6.92 Å². The summed E-state index contributed by atoms with van der Waals surface area (Å²) in [7, 11) is 0. The lowest BCUT2D eigenvalue weighted by atomic mass is 9.83. The van der Waals surface area contributed by atoms with Gasteiger partial charge in [0.1, 0.15) is 22.8 Å². The summed E-state index contributed by atoms with van der Waals surface area (Å²) in [6, 6.07) is 10.8. The molecule has 3 heteroatoms. The minimum absolute atomic E-state index is 0.193. The molecule has 1 aliphatic heterocycles. The highest BCUT2D eigenvalue weighted by Crippen LogP contribution is 2.46. The van der Waals surface area contributed by atoms with E-state index in [0.717, 1.165) is 17.5 Å². The van der Waals surface area contributed by atoms with Crippen LogP contribution >= 0.6 is 0 Å². The quantitative estimate of drug-likeness (QED) is 0.822. The second kappa shape index (κ2) is 4.69. The van der Waals surface area contributed by atoms with Gasteiger partial charge in [-0.15, -0.1) is 0 Å². The van der Waals surface area contributed by atoms with Gasteiger partial charge in [-0.1, -0.05) is 19.1 Å². The molecule has 0 saturated heterocycles. The van der Waals surface area contributed by atoms with E-state index in [-0.39, 0.29) is 17.4 Å². The summed E-state index contributed by atoms with van der Waals surface area (Å²) in [4.78, 5) is 0. The van der Waals surface area contributed by atoms with E-state index in [0.29, 0.717) is 5.75 Å². The van der Waals surface area contributed by atoms with Crippen LogP contribution in [0.1, 0.15) is 49.8 Å². The second-order valence-electron chi connectivity index (χ2n) is 6.07. The first kappa shape index (κ1) is 13.8. The molecule has 0 spiro atoms. The molecule has 3 rings (SSSR count). The van der Waals surface area contributed by atoms with Crippen LogP contribution in [0.2, 0.25) is 0 Å². The maximum absolute atomic E-state index is 9.84. The fourth-order valence-electron chi connectivity index (χ4n) is 3.21. The maximum atomic E-state index is 9.84. The number of aromatic hydroxyl groups is 2. The van der Waals surface area contributed by atoms with Crippen molar-refractivity contribution in [1.82, 2.24) is 0 Å². The number of phenols is 2. The number of rotatable bonds is 1. The van der Waals surface area contributed by atoms with E-state index in [1.807, 2.05) is 26.0 Å². The summed E-state index contributed by atoms with van der Waals surface area (Å²) >= 11 is 0. The molecule has 1 unspecified atom stereocenters. The number of phenolic OH excluding ortho intramolecular Hbond substituents is 2. The third kappa shape index (κ3) is 2.23. The molecule has 2 aromatic rings. The lowest BCUT2D eigenvalue weighted by molar-refractivity contribution is 0.109. The van der Waals surface area contributed by atoms with E-state index >= 15 is 0 Å². The first-order valence-corrected chi connectivity index (χ1v) is 7.27. The van der Waals surface area contributed by atoms with Gasteiger partial charge in [0, 0.05) is 23.1 Å². The van der Waals surface area contributed by atoms with Gasteiger partial charge in [-0.25, -0.2) is 0 Å². The van der Waals surface area contributed by atoms with Gasteiger partial charge in [0.05, 0.1) is 0 Å². The Kier molecular flexibility index (Phi) is 3.08. The zero-order chi connectivity index (χ0) is 15.2. The number of ether oxygens (including phenoxy) is 1. The summed E-state index contributed by atoms with van der Waals surface area (Å²) in [6.45, 7) is 6.10. The molecule has 0 bridgehead atoms. The van der Waals surface area contributed by atoms with Gasteiger partial charge in [-0.2, -0.15) is 0 Å². The zero-order valence-electron chi connectivity index (χ0n) is 12.6. The standard InChI is InChI=1S/C18H20O3/c1-4-13-14-7-5-11(19)9-16(14)18(2,3)21-17-10-12(20)6-8-15(13)17/h5-10,13,19-20H,4H2,1-3H3. The second-order valence-corrected chi connectivity index (χ2v) is 6.07. The normalized spacial score (nSPS) is 19.1. The van der Waals surface area contributed by atoms with Crippen molar-refractivity contribution < 1.29 is 14.9 Å². The highest BCUT2D eigenvalue weighted by atomic mass is 16.5. The molecule has 0 fully saturated rings. The van der Waals surface area contributed by atoms with E-state index in [1.165, 1.54) is 5.56 Å². The molecule has 2 aromatic carbocycles. The van der Waals surface area contributed by atoms with E-state index in [4.69, 9.17) is 4.74 Å². The van der Waals surface area contributed by atoms with Gasteiger partial charge in [-0.05, 0) is 44.0 Å². The first-order valence-electron chi connectivity index (χ1n) is 7.27. The van der Waals surface area contributed by atoms with Crippen molar-refractivity contribution in [3.05, 3.63) is 53.1 Å². The van der Waals surface area contributed by atoms with Crippen molar-refractivity contribution in [3.63, 3.8) is 0 Å². The lowest BCUT2D eigenvalue weighted by Gasteiger charge is -2.27. The Balaban J connectivity index is 2.29. The van der Waals surface area contributed by atoms with Crippen LogP contribution < -0.4 is 4.74 Å². The number of hydrogen-bond donors (Lipinski definition) is 2. The van der Waals surface area contributed by atoms with Crippen LogP contribution in [0.3, 0.4) is 0 Å². The molecule has 1 heterocycles. The van der Waals surface area contributed by atoms with Gasteiger partial charge >= 0.3 is 0 Å². The van der Waals surface area contributed by atoms with Crippen LogP contribution in [-0.4, -0.2) is 10.2 Å². The third-order valence-corrected chi connectivity index (χ3v) is 4.21. The Labute approximate surface area is 124 Å². The molecule has 3 nitrogen and oxygen atoms in total. The van der Waals surface area contributed by atoms with Crippen molar-refractivity contribution >= 4 is 0 Å². The van der Waals surface area contributed by atoms with Crippen LogP contribution in [-0.2, 0) is 5.60 Å². The van der Waals surface area contributed by atoms with E-state index in [9.17, 15) is 10.2 Å². The number of benzene rings is 2. The van der Waals surface area contributed by atoms with Gasteiger partial charge in [0.15, 0.2) is 0 Å². The van der Waals surface area contributed by atoms with Crippen LogP contribution in [0, 0.1) is 0 Å². The number of fused-ring (bicyclic) bond motifs is 2. The molecule has 0 amide bonds. The highest BCUT2D eigenvalue weighted by molar-refractivity contribution is 5.52. The molecule has 21 heavy (non-hydrogen) atoms. The first-order chi connectivity index (χ1) is 9.92. The summed E-state index contributed by atoms with van der Waals surface area (Å²) in [5, 5.41) is 19.6. The highest BCUT2D eigenvalue weighted by Gasteiger charge is 2.34. The molecular formula is C18H20O3. The molecule has 0 radical (unpaired) electrons. The Morgan fingerprint density at radius 2 is 1.62 bits per heavy atom. The van der Waals surface area contributed by atoms with Crippen LogP contribution in [0.4, 0.5) is 0 Å². The average Bonchev–Trinajstić information content (AvgIpc) is 2.50. The van der Waals surface area contributed by atoms with Crippen LogP contribution in [0.15, 0.2) is 36.4 Å². The Morgan fingerprint density at radius 3 is 2.29 bits per heavy atom. The monoisotopic (exact) mass is 284 g/mol. The molecule has 0 aliphatic carbocycles. The summed E-state index contributed by atoms with van der Waals surface area (Å²) in [5.74, 6) is 1.35. The van der Waals surface area contributed by atoms with Gasteiger partial charge in [0.2, 0.25) is 0 Å². The van der Waals surface area contributed by atoms with Gasteiger partial charge in [0.25, 0.3) is 0 Å². The predicted molar refractivity (Wildman–Crippen MR) is 82.0 cm³/mol. The van der Waals surface area contributed by atoms with Crippen LogP contribution in [0.25, 0.3) is 0 Å². The summed E-state index contributed by atoms with van der Waals surface area (Å²) < 4.78 is 6.17. The SMILES string of the molecule is CCC1c2ccc(O)cc2OC(C)(C)c2cc(O)ccc21. The van der Waals surface area contributed by atoms with Gasteiger partial charge in [-0.3, -0.25) is 0 Å². The van der Waals surface area contributed by atoms with E-state index < -0.39 is 5.60 Å². The molecule has 1 aliphatic rings. The zero-order valence-corrected chi connectivity index (χ0v) is 12.6. The van der Waals surface area contributed by atoms with Crippen molar-refractivity contribution in [2.45, 2.75) is 38.7 Å². The van der Waals surface area contributed by atoms with E-state index in [1.54, 1.807) is 24.3 Å². The molecular weight excluding hydrogens is 264 g/mol. The smallest absolute Gasteiger partial charge is 0.129 e. The Hall–Kier alpha value is -2.16. The third-order valence-electron chi connectivity index (χ3n) is 4.21. The lowest BCUT2D eigenvalue weighted by Crippen LogP contribution is -2.25. The van der Waals surface area contributed by atoms with Crippen molar-refractivity contribution in [2.75, 3.05) is 0 Å². The molecule has 2 N–H and O–H groups in total. The fraction of sp³-hybridized carbons (Fsp3) is 0.333. The minimum atomic E-state index is -0.569. The summed E-state index contributed by atoms with van der Waals surface area (Å²) in [6.07, 6.45) is 0.926. The molecule has 0 aromatic heterocycles. The fourth-order valence-corrected chi connectivity index (χ4v) is 3.21. The number of hydrogen-bond acceptors (Lipinski definition) is 3. The molecule has 110 valence electrons. The minimum Gasteiger partial charge on any atom is -0.508 e. The average molecular weight is 284 g/mol. The Morgan fingerprint density at radius 1 is 1.00 bits per heavy atom. The van der Waals surface area contributed by atoms with Crippen molar-refractivity contribution in [2.24, 2.45) is 0 Å². The molecule has 0 saturated carbocycles. The van der Waals surface area contributed by atoms with Crippen LogP contribution in [0.5, 0.6) is 17.2 Å². The van der Waals surface area contributed by atoms with Crippen molar-refractivity contribution in [1.29, 1.82) is 0 Å². The van der Waals surface area contributed by atoms with Gasteiger partial charge < -0.3 is 14.9 Å². The topological polar surface area (TPSA) is 49.7 Å². The maximum Gasteiger partial charge on any atom is 0.129 e. The van der Waals surface area contributed by atoms with Crippen molar-refractivity contribution in [3.8, 4) is 17.2 Å². The Bertz CT molecular complexity index is 689. The molecule has 1 atom stereocenters. The predicted octanol–water partition coefficient (Wildman–Crippen LogP) is 4.27. The summed E-state index contributed by atoms with van der Waals surface area (Å²) in [5.41, 5.74) is 2.67.